The molecule has 12 rings (SSSR count). The van der Waals surface area contributed by atoms with E-state index in [1.807, 2.05) is 54.6 Å². The van der Waals surface area contributed by atoms with Crippen LogP contribution in [0.3, 0.4) is 0 Å². The molecule has 0 spiro atoms. The van der Waals surface area contributed by atoms with Gasteiger partial charge in [0.25, 0.3) is 0 Å². The first-order valence-electron chi connectivity index (χ1n) is 20.9. The number of nitrogens with one attached hydrogen (secondary N) is 1. The summed E-state index contributed by atoms with van der Waals surface area (Å²) >= 11 is 0. The molecular weight excluding hydrogens is 745 g/mol. The van der Waals surface area contributed by atoms with E-state index in [9.17, 15) is 0 Å². The summed E-state index contributed by atoms with van der Waals surface area (Å²) in [6, 6.07) is 68.2. The monoisotopic (exact) mass is 782 g/mol. The first-order chi connectivity index (χ1) is 30.2. The van der Waals surface area contributed by atoms with E-state index >= 15 is 0 Å². The van der Waals surface area contributed by atoms with E-state index in [2.05, 4.69) is 151 Å². The molecule has 288 valence electrons. The van der Waals surface area contributed by atoms with E-state index < -0.39 is 0 Å². The lowest BCUT2D eigenvalue weighted by Gasteiger charge is -2.36. The van der Waals surface area contributed by atoms with Crippen LogP contribution in [0.1, 0.15) is 29.2 Å². The van der Waals surface area contributed by atoms with Gasteiger partial charge in [0, 0.05) is 45.5 Å². The first-order valence-corrected chi connectivity index (χ1v) is 20.9. The number of anilines is 1. The number of aliphatic imine (C=N–C) groups is 1. The number of nitrogens with zero attached hydrogens (tertiary/aromatic N) is 3. The molecule has 0 saturated carbocycles. The fourth-order valence-corrected chi connectivity index (χ4v) is 9.28. The molecule has 3 aliphatic rings. The molecule has 0 bridgehead atoms. The predicted molar refractivity (Wildman–Crippen MR) is 249 cm³/mol. The van der Waals surface area contributed by atoms with E-state index in [0.717, 1.165) is 73.7 Å². The molecule has 0 saturated heterocycles. The van der Waals surface area contributed by atoms with Gasteiger partial charge in [0.1, 0.15) is 6.10 Å². The molecule has 1 aliphatic carbocycles. The van der Waals surface area contributed by atoms with Crippen LogP contribution < -0.4 is 5.32 Å². The molecule has 8 aromatic carbocycles. The highest BCUT2D eigenvalue weighted by molar-refractivity contribution is 6.14. The highest BCUT2D eigenvalue weighted by Gasteiger charge is 2.39. The van der Waals surface area contributed by atoms with Crippen molar-refractivity contribution in [2.45, 2.75) is 18.6 Å². The molecule has 3 heterocycles. The molecule has 0 fully saturated rings. The van der Waals surface area contributed by atoms with Crippen molar-refractivity contribution in [3.8, 4) is 45.0 Å². The lowest BCUT2D eigenvalue weighted by atomic mass is 9.78. The third kappa shape index (κ3) is 6.13. The van der Waals surface area contributed by atoms with Crippen LogP contribution in [0, 0.1) is 0 Å². The summed E-state index contributed by atoms with van der Waals surface area (Å²) in [6.45, 7) is 0. The van der Waals surface area contributed by atoms with E-state index in [0.29, 0.717) is 11.7 Å². The third-order valence-electron chi connectivity index (χ3n) is 12.2. The Hall–Kier alpha value is -7.89. The minimum Gasteiger partial charge on any atom is -0.467 e. The van der Waals surface area contributed by atoms with Crippen molar-refractivity contribution in [2.75, 3.05) is 5.32 Å². The Bertz CT molecular complexity index is 3210. The maximum absolute atomic E-state index is 6.60. The second-order valence-electron chi connectivity index (χ2n) is 15.9. The van der Waals surface area contributed by atoms with Gasteiger partial charge in [-0.2, -0.15) is 0 Å². The number of rotatable bonds is 6. The fraction of sp³-hybridized carbons (Fsp3) is 0.0536. The Morgan fingerprint density at radius 1 is 0.492 bits per heavy atom. The summed E-state index contributed by atoms with van der Waals surface area (Å²) in [4.78, 5) is 15.4. The number of aromatic nitrogens is 2. The van der Waals surface area contributed by atoms with E-state index in [4.69, 9.17) is 19.7 Å². The molecule has 61 heavy (non-hydrogen) atoms. The molecule has 5 heteroatoms. The minimum absolute atomic E-state index is 0.116. The Kier molecular flexibility index (Phi) is 8.30. The van der Waals surface area contributed by atoms with Crippen molar-refractivity contribution in [2.24, 2.45) is 4.99 Å². The standard InChI is InChI=1S/C56H38N4O/c1-4-14-35(15-5-1)48-34-49(59-55(58-48)38-16-6-2-7-17-38)36-24-26-37(27-25-36)53-46-30-31-51-54(60-56(61-51)39-18-8-3-9-19-39)52(46)45-29-28-41(33-50(45)57-53)47-32-40-20-10-11-21-42(40)43-22-12-13-23-44(43)47/h1-30,32-34,51,53,57H,31H2. The number of hydrogen-bond donors (Lipinski definition) is 1. The Labute approximate surface area is 354 Å². The van der Waals surface area contributed by atoms with E-state index in [1.54, 1.807) is 0 Å². The average molecular weight is 783 g/mol. The van der Waals surface area contributed by atoms with Crippen LogP contribution >= 0.6 is 0 Å². The van der Waals surface area contributed by atoms with E-state index in [1.165, 1.54) is 32.7 Å². The molecule has 2 aliphatic heterocycles. The highest BCUT2D eigenvalue weighted by Crippen LogP contribution is 2.51. The van der Waals surface area contributed by atoms with Crippen LogP contribution in [0.15, 0.2) is 216 Å². The molecule has 0 radical (unpaired) electrons. The van der Waals surface area contributed by atoms with Crippen LogP contribution in [0.5, 0.6) is 0 Å². The third-order valence-corrected chi connectivity index (χ3v) is 12.2. The number of ether oxygens (including phenoxy) is 1. The van der Waals surface area contributed by atoms with Crippen LogP contribution in [0.4, 0.5) is 5.69 Å². The average Bonchev–Trinajstić information content (AvgIpc) is 3.79. The smallest absolute Gasteiger partial charge is 0.221 e. The van der Waals surface area contributed by atoms with Crippen molar-refractivity contribution < 1.29 is 4.74 Å². The van der Waals surface area contributed by atoms with Crippen molar-refractivity contribution in [3.63, 3.8) is 0 Å². The lowest BCUT2D eigenvalue weighted by Crippen LogP contribution is -2.25. The van der Waals surface area contributed by atoms with Gasteiger partial charge < -0.3 is 10.1 Å². The zero-order valence-corrected chi connectivity index (χ0v) is 33.2. The number of hydrogen-bond acceptors (Lipinski definition) is 5. The molecule has 9 aromatic rings. The Morgan fingerprint density at radius 3 is 1.84 bits per heavy atom. The van der Waals surface area contributed by atoms with Gasteiger partial charge in [-0.15, -0.1) is 0 Å². The Morgan fingerprint density at radius 2 is 1.10 bits per heavy atom. The largest absolute Gasteiger partial charge is 0.467 e. The SMILES string of the molecule is C1=C2C(=C3N=C(c4ccccc4)OC3C1)c1ccc(-c3cc4ccccc4c4ccccc34)cc1NC2c1ccc(-c2cc(-c3ccccc3)nc(-c3ccccc3)n2)cc1. The second kappa shape index (κ2) is 14.4. The van der Waals surface area contributed by atoms with Crippen LogP contribution in [0.25, 0.3) is 72.1 Å². The maximum atomic E-state index is 6.60. The normalized spacial score (nSPS) is 16.5. The molecule has 0 amide bonds. The second-order valence-corrected chi connectivity index (χ2v) is 15.9. The van der Waals surface area contributed by atoms with Crippen molar-refractivity contribution in [1.82, 2.24) is 9.97 Å². The topological polar surface area (TPSA) is 59.4 Å². The predicted octanol–water partition coefficient (Wildman–Crippen LogP) is 13.5. The quantitative estimate of drug-likeness (QED) is 0.171. The van der Waals surface area contributed by atoms with Crippen LogP contribution in [0.2, 0.25) is 0 Å². The first kappa shape index (κ1) is 35.1. The summed E-state index contributed by atoms with van der Waals surface area (Å²) in [5.41, 5.74) is 14.9. The molecular formula is C56H38N4O. The fourth-order valence-electron chi connectivity index (χ4n) is 9.28. The van der Waals surface area contributed by atoms with Gasteiger partial charge in [-0.3, -0.25) is 0 Å². The zero-order valence-electron chi connectivity index (χ0n) is 33.2. The summed E-state index contributed by atoms with van der Waals surface area (Å²) in [5.74, 6) is 1.38. The summed E-state index contributed by atoms with van der Waals surface area (Å²) in [7, 11) is 0. The number of benzene rings is 8. The van der Waals surface area contributed by atoms with Gasteiger partial charge in [0.2, 0.25) is 5.90 Å². The molecule has 1 aromatic heterocycles. The van der Waals surface area contributed by atoms with Gasteiger partial charge >= 0.3 is 0 Å². The summed E-state index contributed by atoms with van der Waals surface area (Å²) in [6.07, 6.45) is 2.95. The van der Waals surface area contributed by atoms with Gasteiger partial charge in [0.15, 0.2) is 5.82 Å². The minimum atomic E-state index is -0.151. The number of fused-ring (bicyclic) bond motifs is 7. The molecule has 5 nitrogen and oxygen atoms in total. The van der Waals surface area contributed by atoms with Gasteiger partial charge in [0.05, 0.1) is 23.1 Å². The van der Waals surface area contributed by atoms with Gasteiger partial charge in [-0.05, 0) is 74.1 Å². The zero-order chi connectivity index (χ0) is 40.3. The van der Waals surface area contributed by atoms with Crippen molar-refractivity contribution in [3.05, 3.63) is 228 Å². The van der Waals surface area contributed by atoms with Gasteiger partial charge in [-0.25, -0.2) is 15.0 Å². The summed E-state index contributed by atoms with van der Waals surface area (Å²) in [5, 5.41) is 9.02. The maximum Gasteiger partial charge on any atom is 0.221 e. The Balaban J connectivity index is 0.986. The molecule has 2 atom stereocenters. The molecule has 2 unspecified atom stereocenters. The van der Waals surface area contributed by atoms with Crippen molar-refractivity contribution >= 4 is 38.7 Å². The van der Waals surface area contributed by atoms with Crippen LogP contribution in [-0.4, -0.2) is 22.0 Å². The summed E-state index contributed by atoms with van der Waals surface area (Å²) < 4.78 is 6.60. The lowest BCUT2D eigenvalue weighted by molar-refractivity contribution is 0.247. The van der Waals surface area contributed by atoms with Gasteiger partial charge in [-0.1, -0.05) is 170 Å². The highest BCUT2D eigenvalue weighted by atomic mass is 16.5. The molecule has 1 N–H and O–H groups in total. The van der Waals surface area contributed by atoms with E-state index in [-0.39, 0.29) is 12.1 Å². The van der Waals surface area contributed by atoms with Crippen LogP contribution in [-0.2, 0) is 4.74 Å². The van der Waals surface area contributed by atoms with Crippen molar-refractivity contribution in [1.29, 1.82) is 0 Å².